The maximum Gasteiger partial charge on any atom is 0.407 e. The largest absolute Gasteiger partial charge is 0.481 e. The molecule has 0 unspecified atom stereocenters. The monoisotopic (exact) mass is 367 g/mol. The molecule has 0 aliphatic carbocycles. The van der Waals surface area contributed by atoms with Crippen LogP contribution in [0.2, 0.25) is 10.0 Å². The highest BCUT2D eigenvalue weighted by Gasteiger charge is 2.21. The number of carboxylic acids is 1. The predicted molar refractivity (Wildman–Crippen MR) is 91.2 cm³/mol. The van der Waals surface area contributed by atoms with Crippen molar-refractivity contribution in [3.63, 3.8) is 0 Å². The Morgan fingerprint density at radius 1 is 1.12 bits per heavy atom. The highest BCUT2D eigenvalue weighted by molar-refractivity contribution is 6.33. The van der Waals surface area contributed by atoms with E-state index < -0.39 is 18.1 Å². The molecule has 126 valence electrons. The second kappa shape index (κ2) is 8.57. The highest BCUT2D eigenvalue weighted by atomic mass is 35.5. The lowest BCUT2D eigenvalue weighted by Gasteiger charge is -2.19. The maximum atomic E-state index is 12.0. The average Bonchev–Trinajstić information content (AvgIpc) is 2.55. The fourth-order valence-corrected chi connectivity index (χ4v) is 2.53. The van der Waals surface area contributed by atoms with Gasteiger partial charge in [0.25, 0.3) is 0 Å². The second-order valence-corrected chi connectivity index (χ2v) is 5.87. The summed E-state index contributed by atoms with van der Waals surface area (Å²) < 4.78 is 5.11. The Kier molecular flexibility index (Phi) is 6.46. The van der Waals surface area contributed by atoms with Crippen LogP contribution in [0.1, 0.15) is 23.6 Å². The molecule has 0 saturated carbocycles. The molecule has 2 rings (SSSR count). The van der Waals surface area contributed by atoms with Gasteiger partial charge in [-0.1, -0.05) is 53.5 Å². The SMILES string of the molecule is O=C(O)C[C@@H](NC(=O)OCc1ccccc1)c1cc(Cl)ccc1Cl. The van der Waals surface area contributed by atoms with Gasteiger partial charge in [-0.2, -0.15) is 0 Å². The van der Waals surface area contributed by atoms with Crippen LogP contribution < -0.4 is 5.32 Å². The topological polar surface area (TPSA) is 75.6 Å². The number of amides is 1. The molecule has 7 heteroatoms. The molecular weight excluding hydrogens is 353 g/mol. The number of benzene rings is 2. The molecule has 2 aromatic carbocycles. The number of hydrogen-bond donors (Lipinski definition) is 2. The molecule has 0 aliphatic heterocycles. The van der Waals surface area contributed by atoms with Crippen LogP contribution in [0.4, 0.5) is 4.79 Å². The summed E-state index contributed by atoms with van der Waals surface area (Å²) in [5.41, 5.74) is 1.24. The number of rotatable bonds is 6. The zero-order valence-electron chi connectivity index (χ0n) is 12.5. The molecule has 1 atom stereocenters. The van der Waals surface area contributed by atoms with Gasteiger partial charge in [-0.05, 0) is 29.3 Å². The van der Waals surface area contributed by atoms with Crippen molar-refractivity contribution in [1.82, 2.24) is 5.32 Å². The summed E-state index contributed by atoms with van der Waals surface area (Å²) in [6, 6.07) is 12.9. The Labute approximate surface area is 149 Å². The highest BCUT2D eigenvalue weighted by Crippen LogP contribution is 2.28. The first kappa shape index (κ1) is 18.1. The second-order valence-electron chi connectivity index (χ2n) is 5.02. The molecule has 1 amide bonds. The molecule has 0 spiro atoms. The van der Waals surface area contributed by atoms with Crippen LogP contribution in [0.3, 0.4) is 0 Å². The first-order valence-corrected chi connectivity index (χ1v) is 7.85. The predicted octanol–water partition coefficient (Wildman–Crippen LogP) is 4.44. The van der Waals surface area contributed by atoms with Crippen molar-refractivity contribution < 1.29 is 19.4 Å². The van der Waals surface area contributed by atoms with E-state index >= 15 is 0 Å². The van der Waals surface area contributed by atoms with Gasteiger partial charge in [-0.15, -0.1) is 0 Å². The lowest BCUT2D eigenvalue weighted by molar-refractivity contribution is -0.137. The van der Waals surface area contributed by atoms with Gasteiger partial charge in [0.2, 0.25) is 0 Å². The fraction of sp³-hybridized carbons (Fsp3) is 0.176. The Hall–Kier alpha value is -2.24. The third kappa shape index (κ3) is 5.44. The summed E-state index contributed by atoms with van der Waals surface area (Å²) in [5.74, 6) is -1.08. The minimum atomic E-state index is -1.08. The summed E-state index contributed by atoms with van der Waals surface area (Å²) in [7, 11) is 0. The standard InChI is InChI=1S/C17H15Cl2NO4/c18-12-6-7-14(19)13(8-12)15(9-16(21)22)20-17(23)24-10-11-4-2-1-3-5-11/h1-8,15H,9-10H2,(H,20,23)(H,21,22)/t15-/m1/s1. The van der Waals surface area contributed by atoms with Gasteiger partial charge >= 0.3 is 12.1 Å². The minimum absolute atomic E-state index is 0.0791. The molecule has 0 aliphatic rings. The van der Waals surface area contributed by atoms with E-state index in [1.54, 1.807) is 12.1 Å². The maximum absolute atomic E-state index is 12.0. The van der Waals surface area contributed by atoms with Crippen molar-refractivity contribution in [3.8, 4) is 0 Å². The van der Waals surface area contributed by atoms with E-state index in [0.29, 0.717) is 15.6 Å². The van der Waals surface area contributed by atoms with E-state index in [0.717, 1.165) is 5.56 Å². The van der Waals surface area contributed by atoms with Crippen LogP contribution in [-0.4, -0.2) is 17.2 Å². The van der Waals surface area contributed by atoms with Gasteiger partial charge in [0.05, 0.1) is 12.5 Å². The van der Waals surface area contributed by atoms with Crippen LogP contribution in [0.15, 0.2) is 48.5 Å². The molecule has 0 bridgehead atoms. The Bertz CT molecular complexity index is 722. The Balaban J connectivity index is 2.06. The van der Waals surface area contributed by atoms with Crippen LogP contribution >= 0.6 is 23.2 Å². The van der Waals surface area contributed by atoms with E-state index in [-0.39, 0.29) is 13.0 Å². The molecule has 2 aromatic rings. The number of nitrogens with one attached hydrogen (secondary N) is 1. The molecule has 24 heavy (non-hydrogen) atoms. The molecule has 0 fully saturated rings. The van der Waals surface area contributed by atoms with Crippen molar-refractivity contribution >= 4 is 35.3 Å². The smallest absolute Gasteiger partial charge is 0.407 e. The fourth-order valence-electron chi connectivity index (χ4n) is 2.10. The zero-order valence-corrected chi connectivity index (χ0v) is 14.1. The molecule has 0 aromatic heterocycles. The van der Waals surface area contributed by atoms with E-state index in [1.807, 2.05) is 30.3 Å². The number of carbonyl (C=O) groups excluding carboxylic acids is 1. The number of carbonyl (C=O) groups is 2. The number of carboxylic acid groups (broad SMARTS) is 1. The molecule has 0 heterocycles. The van der Waals surface area contributed by atoms with Crippen molar-refractivity contribution in [3.05, 3.63) is 69.7 Å². The molecule has 2 N–H and O–H groups in total. The van der Waals surface area contributed by atoms with E-state index in [4.69, 9.17) is 33.0 Å². The number of hydrogen-bond acceptors (Lipinski definition) is 3. The molecule has 0 radical (unpaired) electrons. The van der Waals surface area contributed by atoms with Gasteiger partial charge in [0, 0.05) is 10.0 Å². The van der Waals surface area contributed by atoms with Gasteiger partial charge in [-0.3, -0.25) is 4.79 Å². The lowest BCUT2D eigenvalue weighted by Crippen LogP contribution is -2.30. The minimum Gasteiger partial charge on any atom is -0.481 e. The number of halogens is 2. The van der Waals surface area contributed by atoms with Gasteiger partial charge in [0.1, 0.15) is 6.61 Å². The van der Waals surface area contributed by atoms with E-state index in [9.17, 15) is 9.59 Å². The Morgan fingerprint density at radius 2 is 1.83 bits per heavy atom. The normalized spacial score (nSPS) is 11.6. The van der Waals surface area contributed by atoms with Crippen molar-refractivity contribution in [2.75, 3.05) is 0 Å². The third-order valence-electron chi connectivity index (χ3n) is 3.22. The third-order valence-corrected chi connectivity index (χ3v) is 3.80. The van der Waals surface area contributed by atoms with Crippen molar-refractivity contribution in [1.29, 1.82) is 0 Å². The first-order valence-electron chi connectivity index (χ1n) is 7.09. The van der Waals surface area contributed by atoms with Crippen LogP contribution in [0.25, 0.3) is 0 Å². The van der Waals surface area contributed by atoms with Crippen LogP contribution in [-0.2, 0) is 16.1 Å². The average molecular weight is 368 g/mol. The quantitative estimate of drug-likeness (QED) is 0.791. The number of ether oxygens (including phenoxy) is 1. The molecule has 0 saturated heterocycles. The van der Waals surface area contributed by atoms with Gasteiger partial charge in [-0.25, -0.2) is 4.79 Å². The summed E-state index contributed by atoms with van der Waals surface area (Å²) in [6.45, 7) is 0.0791. The number of alkyl carbamates (subject to hydrolysis) is 1. The first-order chi connectivity index (χ1) is 11.5. The lowest BCUT2D eigenvalue weighted by atomic mass is 10.0. The summed E-state index contributed by atoms with van der Waals surface area (Å²) in [6.07, 6.45) is -1.08. The van der Waals surface area contributed by atoms with Crippen molar-refractivity contribution in [2.24, 2.45) is 0 Å². The van der Waals surface area contributed by atoms with E-state index in [2.05, 4.69) is 5.32 Å². The Morgan fingerprint density at radius 3 is 2.50 bits per heavy atom. The summed E-state index contributed by atoms with van der Waals surface area (Å²) in [5, 5.41) is 12.3. The van der Waals surface area contributed by atoms with E-state index in [1.165, 1.54) is 6.07 Å². The zero-order chi connectivity index (χ0) is 17.5. The van der Waals surface area contributed by atoms with Crippen LogP contribution in [0, 0.1) is 0 Å². The van der Waals surface area contributed by atoms with Gasteiger partial charge < -0.3 is 15.2 Å². The van der Waals surface area contributed by atoms with Crippen molar-refractivity contribution in [2.45, 2.75) is 19.1 Å². The molecular formula is C17H15Cl2NO4. The van der Waals surface area contributed by atoms with Gasteiger partial charge in [0.15, 0.2) is 0 Å². The van der Waals surface area contributed by atoms with Crippen LogP contribution in [0.5, 0.6) is 0 Å². The summed E-state index contributed by atoms with van der Waals surface area (Å²) >= 11 is 12.0. The number of aliphatic carboxylic acids is 1. The summed E-state index contributed by atoms with van der Waals surface area (Å²) in [4.78, 5) is 23.0. The molecule has 5 nitrogen and oxygen atoms in total.